The van der Waals surface area contributed by atoms with E-state index in [1.165, 1.54) is 16.4 Å². The number of amides is 1. The number of nitrogens with zero attached hydrogens (tertiary/aromatic N) is 4. The molecule has 0 aliphatic carbocycles. The van der Waals surface area contributed by atoms with Crippen molar-refractivity contribution < 1.29 is 4.79 Å². The second-order valence-corrected chi connectivity index (χ2v) is 10.8. The normalized spacial score (nSPS) is 12.0. The predicted molar refractivity (Wildman–Crippen MR) is 157 cm³/mol. The number of carbonyl (C=O) groups is 1. The van der Waals surface area contributed by atoms with E-state index in [-0.39, 0.29) is 22.7 Å². The highest BCUT2D eigenvalue weighted by atomic mass is 32.2. The molecule has 0 aliphatic rings. The van der Waals surface area contributed by atoms with Gasteiger partial charge < -0.3 is 5.32 Å². The largest absolute Gasteiger partial charge is 0.319 e. The van der Waals surface area contributed by atoms with Crippen LogP contribution in [0.1, 0.15) is 23.7 Å². The fourth-order valence-corrected chi connectivity index (χ4v) is 5.53. The summed E-state index contributed by atoms with van der Waals surface area (Å²) in [4.78, 5) is 45.1. The average Bonchev–Trinajstić information content (AvgIpc) is 3.13. The highest BCUT2D eigenvalue weighted by Gasteiger charge is 2.24. The van der Waals surface area contributed by atoms with Crippen molar-refractivity contribution >= 4 is 34.3 Å². The molecule has 1 N–H and O–H groups in total. The van der Waals surface area contributed by atoms with Crippen molar-refractivity contribution in [1.82, 2.24) is 18.9 Å². The molecule has 39 heavy (non-hydrogen) atoms. The maximum atomic E-state index is 13.7. The Morgan fingerprint density at radius 3 is 2.33 bits per heavy atom. The predicted octanol–water partition coefficient (Wildman–Crippen LogP) is 4.92. The number of anilines is 1. The number of carbonyl (C=O) groups excluding carboxylic acids is 1. The van der Waals surface area contributed by atoms with E-state index in [0.29, 0.717) is 33.1 Å². The number of benzene rings is 3. The standard InChI is InChI=1S/C30H29N5O3S/c1-18-15-16-25(19(2)17-18)34-28(37)23-13-9-10-14-24(23)31-30(34)39-21(4)27(36)32-26-20(3)33(5)35(29(26)38)22-11-7-6-8-12-22/h6-17,21H,1-5H3,(H,32,36). The first-order chi connectivity index (χ1) is 18.7. The molecule has 8 nitrogen and oxygen atoms in total. The van der Waals surface area contributed by atoms with Gasteiger partial charge in [0.2, 0.25) is 5.91 Å². The van der Waals surface area contributed by atoms with Crippen LogP contribution >= 0.6 is 11.8 Å². The van der Waals surface area contributed by atoms with Crippen LogP contribution in [0.25, 0.3) is 22.3 Å². The van der Waals surface area contributed by atoms with Crippen molar-refractivity contribution in [2.75, 3.05) is 5.32 Å². The van der Waals surface area contributed by atoms with Crippen LogP contribution in [-0.2, 0) is 11.8 Å². The summed E-state index contributed by atoms with van der Waals surface area (Å²) in [7, 11) is 1.78. The van der Waals surface area contributed by atoms with Crippen molar-refractivity contribution in [2.45, 2.75) is 38.1 Å². The Bertz CT molecular complexity index is 1840. The summed E-state index contributed by atoms with van der Waals surface area (Å²) in [6, 6.07) is 22.3. The van der Waals surface area contributed by atoms with Crippen LogP contribution in [0.3, 0.4) is 0 Å². The molecule has 9 heteroatoms. The van der Waals surface area contributed by atoms with Gasteiger partial charge in [0.05, 0.1) is 33.2 Å². The minimum Gasteiger partial charge on any atom is -0.319 e. The first kappa shape index (κ1) is 26.2. The lowest BCUT2D eigenvalue weighted by molar-refractivity contribution is -0.115. The molecule has 0 aliphatic heterocycles. The van der Waals surface area contributed by atoms with Gasteiger partial charge in [-0.05, 0) is 63.6 Å². The maximum Gasteiger partial charge on any atom is 0.295 e. The fourth-order valence-electron chi connectivity index (χ4n) is 4.61. The van der Waals surface area contributed by atoms with E-state index in [4.69, 9.17) is 4.98 Å². The number of aryl methyl sites for hydroxylation is 2. The first-order valence-electron chi connectivity index (χ1n) is 12.6. The van der Waals surface area contributed by atoms with Gasteiger partial charge in [-0.2, -0.15) is 0 Å². The van der Waals surface area contributed by atoms with Crippen molar-refractivity contribution in [1.29, 1.82) is 0 Å². The lowest BCUT2D eigenvalue weighted by atomic mass is 10.1. The molecule has 0 spiro atoms. The van der Waals surface area contributed by atoms with E-state index >= 15 is 0 Å². The summed E-state index contributed by atoms with van der Waals surface area (Å²) < 4.78 is 4.81. The summed E-state index contributed by atoms with van der Waals surface area (Å²) in [6.07, 6.45) is 0. The van der Waals surface area contributed by atoms with Crippen LogP contribution in [0.15, 0.2) is 87.5 Å². The molecule has 0 bridgehead atoms. The van der Waals surface area contributed by atoms with Crippen LogP contribution < -0.4 is 16.4 Å². The third-order valence-electron chi connectivity index (χ3n) is 6.79. The highest BCUT2D eigenvalue weighted by Crippen LogP contribution is 2.27. The van der Waals surface area contributed by atoms with Crippen molar-refractivity contribution in [3.8, 4) is 11.4 Å². The molecule has 1 amide bonds. The number of nitrogens with one attached hydrogen (secondary N) is 1. The van der Waals surface area contributed by atoms with Gasteiger partial charge in [0, 0.05) is 7.05 Å². The Morgan fingerprint density at radius 2 is 1.62 bits per heavy atom. The maximum absolute atomic E-state index is 13.7. The van der Waals surface area contributed by atoms with E-state index in [2.05, 4.69) is 5.32 Å². The third-order valence-corrected chi connectivity index (χ3v) is 7.84. The summed E-state index contributed by atoms with van der Waals surface area (Å²) in [5, 5.41) is 3.08. The van der Waals surface area contributed by atoms with Gasteiger partial charge in [-0.15, -0.1) is 0 Å². The molecule has 5 rings (SSSR count). The van der Waals surface area contributed by atoms with Crippen molar-refractivity contribution in [3.05, 3.63) is 110 Å². The quantitative estimate of drug-likeness (QED) is 0.244. The minimum atomic E-state index is -0.653. The van der Waals surface area contributed by atoms with Gasteiger partial charge in [-0.3, -0.25) is 23.6 Å². The van der Waals surface area contributed by atoms with E-state index in [1.54, 1.807) is 42.3 Å². The zero-order chi connectivity index (χ0) is 27.8. The lowest BCUT2D eigenvalue weighted by Crippen LogP contribution is -2.28. The number of thioether (sulfide) groups is 1. The Balaban J connectivity index is 1.51. The van der Waals surface area contributed by atoms with Crippen LogP contribution in [0.4, 0.5) is 5.69 Å². The fraction of sp³-hybridized carbons (Fsp3) is 0.200. The molecule has 0 radical (unpaired) electrons. The van der Waals surface area contributed by atoms with Crippen LogP contribution in [0.2, 0.25) is 0 Å². The molecule has 0 saturated heterocycles. The third kappa shape index (κ3) is 4.81. The molecular weight excluding hydrogens is 510 g/mol. The van der Waals surface area contributed by atoms with Crippen molar-refractivity contribution in [3.63, 3.8) is 0 Å². The van der Waals surface area contributed by atoms with Gasteiger partial charge in [0.15, 0.2) is 5.16 Å². The lowest BCUT2D eigenvalue weighted by Gasteiger charge is -2.18. The zero-order valence-electron chi connectivity index (χ0n) is 22.4. The number of fused-ring (bicyclic) bond motifs is 1. The highest BCUT2D eigenvalue weighted by molar-refractivity contribution is 8.00. The monoisotopic (exact) mass is 539 g/mol. The molecule has 2 aromatic heterocycles. The second kappa shape index (κ2) is 10.4. The summed E-state index contributed by atoms with van der Waals surface area (Å²) >= 11 is 1.18. The summed E-state index contributed by atoms with van der Waals surface area (Å²) in [6.45, 7) is 7.47. The molecule has 198 valence electrons. The zero-order valence-corrected chi connectivity index (χ0v) is 23.2. The molecule has 2 heterocycles. The second-order valence-electron chi connectivity index (χ2n) is 9.53. The molecular formula is C30H29N5O3S. The number of hydrogen-bond acceptors (Lipinski definition) is 5. The molecule has 0 saturated carbocycles. The van der Waals surface area contributed by atoms with E-state index < -0.39 is 5.25 Å². The van der Waals surface area contributed by atoms with Crippen LogP contribution in [0.5, 0.6) is 0 Å². The van der Waals surface area contributed by atoms with Crippen LogP contribution in [0, 0.1) is 20.8 Å². The number of para-hydroxylation sites is 2. The molecule has 0 fully saturated rings. The van der Waals surface area contributed by atoms with Gasteiger partial charge in [0.25, 0.3) is 11.1 Å². The van der Waals surface area contributed by atoms with Crippen LogP contribution in [-0.4, -0.2) is 30.1 Å². The molecule has 5 aromatic rings. The van der Waals surface area contributed by atoms with E-state index in [0.717, 1.165) is 11.1 Å². The SMILES string of the molecule is Cc1ccc(-n2c(SC(C)C(=O)Nc3c(C)n(C)n(-c4ccccc4)c3=O)nc3ccccc3c2=O)c(C)c1. The van der Waals surface area contributed by atoms with E-state index in [1.807, 2.05) is 74.5 Å². The number of rotatable bonds is 6. The van der Waals surface area contributed by atoms with Gasteiger partial charge in [0.1, 0.15) is 5.69 Å². The number of hydrogen-bond donors (Lipinski definition) is 1. The Hall–Kier alpha value is -4.37. The number of aromatic nitrogens is 4. The van der Waals surface area contributed by atoms with Crippen molar-refractivity contribution in [2.24, 2.45) is 7.05 Å². The summed E-state index contributed by atoms with van der Waals surface area (Å²) in [5.41, 5.74) is 4.31. The first-order valence-corrected chi connectivity index (χ1v) is 13.5. The smallest absolute Gasteiger partial charge is 0.295 e. The molecule has 1 atom stereocenters. The molecule has 1 unspecified atom stereocenters. The van der Waals surface area contributed by atoms with E-state index in [9.17, 15) is 14.4 Å². The topological polar surface area (TPSA) is 90.9 Å². The van der Waals surface area contributed by atoms with Gasteiger partial charge in [-0.1, -0.05) is 59.8 Å². The van der Waals surface area contributed by atoms with Gasteiger partial charge >= 0.3 is 0 Å². The minimum absolute atomic E-state index is 0.202. The van der Waals surface area contributed by atoms with Gasteiger partial charge in [-0.25, -0.2) is 9.67 Å². The Labute approximate surface area is 229 Å². The Kier molecular flexibility index (Phi) is 7.01. The Morgan fingerprint density at radius 1 is 0.923 bits per heavy atom. The summed E-state index contributed by atoms with van der Waals surface area (Å²) in [5.74, 6) is -0.361. The average molecular weight is 540 g/mol. The molecule has 3 aromatic carbocycles.